The average molecular weight is 472 g/mol. The van der Waals surface area contributed by atoms with Crippen LogP contribution in [0.4, 0.5) is 5.82 Å². The molecule has 0 aliphatic carbocycles. The van der Waals surface area contributed by atoms with Gasteiger partial charge in [-0.2, -0.15) is 0 Å². The fourth-order valence-electron chi connectivity index (χ4n) is 4.60. The molecule has 2 aromatic heterocycles. The average Bonchev–Trinajstić information content (AvgIpc) is 3.17. The van der Waals surface area contributed by atoms with E-state index in [1.165, 1.54) is 4.88 Å². The molecule has 1 amide bonds. The molecule has 2 N–H and O–H groups in total. The molecule has 0 bridgehead atoms. The summed E-state index contributed by atoms with van der Waals surface area (Å²) in [7, 11) is 0. The molecule has 0 unspecified atom stereocenters. The van der Waals surface area contributed by atoms with Crippen LogP contribution in [0.15, 0.2) is 18.3 Å². The SMILES string of the molecule is CC(=O)N1CCC(Nc2cc(C(=O)CC[C@H](O)CN3CCc4sc(C)nc4C3)ccn2)CC1. The van der Waals surface area contributed by atoms with Crippen LogP contribution in [0.5, 0.6) is 0 Å². The summed E-state index contributed by atoms with van der Waals surface area (Å²) in [4.78, 5) is 38.6. The second-order valence-electron chi connectivity index (χ2n) is 9.06. The number of Topliss-reactive ketones (excluding diaryl/α,β-unsaturated/α-hetero) is 1. The normalized spacial score (nSPS) is 18.1. The van der Waals surface area contributed by atoms with Crippen LogP contribution in [0.3, 0.4) is 0 Å². The molecule has 2 aromatic rings. The fraction of sp³-hybridized carbons (Fsp3) is 0.583. The third-order valence-corrected chi connectivity index (χ3v) is 7.53. The number of amides is 1. The monoisotopic (exact) mass is 471 g/mol. The molecule has 178 valence electrons. The van der Waals surface area contributed by atoms with Crippen LogP contribution in [0, 0.1) is 6.92 Å². The number of hydrogen-bond acceptors (Lipinski definition) is 8. The summed E-state index contributed by atoms with van der Waals surface area (Å²) in [5.41, 5.74) is 1.75. The van der Waals surface area contributed by atoms with Crippen LogP contribution in [-0.4, -0.2) is 74.9 Å². The molecule has 1 saturated heterocycles. The first kappa shape index (κ1) is 23.8. The first-order valence-electron chi connectivity index (χ1n) is 11.7. The molecule has 9 heteroatoms. The Hall–Kier alpha value is -2.36. The Labute approximate surface area is 199 Å². The Morgan fingerprint density at radius 3 is 2.85 bits per heavy atom. The fourth-order valence-corrected chi connectivity index (χ4v) is 5.53. The van der Waals surface area contributed by atoms with E-state index >= 15 is 0 Å². The Morgan fingerprint density at radius 2 is 2.09 bits per heavy atom. The van der Waals surface area contributed by atoms with Gasteiger partial charge in [0, 0.05) is 68.7 Å². The summed E-state index contributed by atoms with van der Waals surface area (Å²) in [6.45, 7) is 7.37. The topological polar surface area (TPSA) is 98.7 Å². The summed E-state index contributed by atoms with van der Waals surface area (Å²) in [5, 5.41) is 15.0. The van der Waals surface area contributed by atoms with E-state index in [1.54, 1.807) is 36.6 Å². The number of aliphatic hydroxyl groups is 1. The third-order valence-electron chi connectivity index (χ3n) is 6.46. The van der Waals surface area contributed by atoms with Gasteiger partial charge in [-0.3, -0.25) is 14.5 Å². The van der Waals surface area contributed by atoms with Crippen LogP contribution >= 0.6 is 11.3 Å². The molecule has 1 fully saturated rings. The van der Waals surface area contributed by atoms with Gasteiger partial charge in [-0.15, -0.1) is 11.3 Å². The maximum atomic E-state index is 12.7. The number of anilines is 1. The number of nitrogens with zero attached hydrogens (tertiary/aromatic N) is 4. The van der Waals surface area contributed by atoms with Gasteiger partial charge in [0.15, 0.2) is 5.78 Å². The first-order chi connectivity index (χ1) is 15.9. The smallest absolute Gasteiger partial charge is 0.219 e. The highest BCUT2D eigenvalue weighted by molar-refractivity contribution is 7.11. The number of carbonyl (C=O) groups is 2. The maximum absolute atomic E-state index is 12.7. The summed E-state index contributed by atoms with van der Waals surface area (Å²) in [5.74, 6) is 0.817. The quantitative estimate of drug-likeness (QED) is 0.571. The van der Waals surface area contributed by atoms with Gasteiger partial charge in [0.1, 0.15) is 5.82 Å². The third kappa shape index (κ3) is 6.37. The largest absolute Gasteiger partial charge is 0.392 e. The number of thiazole rings is 1. The molecule has 0 aromatic carbocycles. The van der Waals surface area contributed by atoms with Crippen molar-refractivity contribution in [3.8, 4) is 0 Å². The van der Waals surface area contributed by atoms with Crippen LogP contribution in [0.2, 0.25) is 0 Å². The molecule has 2 aliphatic rings. The Kier molecular flexibility index (Phi) is 7.72. The highest BCUT2D eigenvalue weighted by Crippen LogP contribution is 2.25. The minimum absolute atomic E-state index is 0.0157. The lowest BCUT2D eigenvalue weighted by Crippen LogP contribution is -2.41. The molecule has 4 heterocycles. The second kappa shape index (κ2) is 10.7. The standard InChI is InChI=1S/C24H33N5O3S/c1-16-26-21-15-28(10-8-23(21)33-16)14-20(31)3-4-22(32)18-5-9-25-24(13-18)27-19-6-11-29(12-7-19)17(2)30/h5,9,13,19-20,31H,3-4,6-8,10-12,14-15H2,1-2H3,(H,25,27)/t20-/m0/s1. The molecule has 0 saturated carbocycles. The highest BCUT2D eigenvalue weighted by Gasteiger charge is 2.23. The molecule has 8 nitrogen and oxygen atoms in total. The number of piperidine rings is 1. The summed E-state index contributed by atoms with van der Waals surface area (Å²) >= 11 is 1.77. The van der Waals surface area contributed by atoms with E-state index in [1.807, 2.05) is 11.8 Å². The van der Waals surface area contributed by atoms with E-state index in [-0.39, 0.29) is 17.7 Å². The lowest BCUT2D eigenvalue weighted by molar-refractivity contribution is -0.129. The number of aliphatic hydroxyl groups excluding tert-OH is 1. The Morgan fingerprint density at radius 1 is 1.30 bits per heavy atom. The lowest BCUT2D eigenvalue weighted by Gasteiger charge is -2.32. The minimum Gasteiger partial charge on any atom is -0.392 e. The first-order valence-corrected chi connectivity index (χ1v) is 12.6. The van der Waals surface area contributed by atoms with Gasteiger partial charge < -0.3 is 15.3 Å². The van der Waals surface area contributed by atoms with Gasteiger partial charge in [-0.05, 0) is 44.7 Å². The second-order valence-corrected chi connectivity index (χ2v) is 10.3. The Bertz CT molecular complexity index is 986. The summed E-state index contributed by atoms with van der Waals surface area (Å²) in [6.07, 6.45) is 4.56. The van der Waals surface area contributed by atoms with Gasteiger partial charge in [0.05, 0.1) is 16.8 Å². The van der Waals surface area contributed by atoms with Crippen LogP contribution in [-0.2, 0) is 17.8 Å². The van der Waals surface area contributed by atoms with E-state index in [0.717, 1.165) is 56.1 Å². The van der Waals surface area contributed by atoms with Crippen molar-refractivity contribution < 1.29 is 14.7 Å². The van der Waals surface area contributed by atoms with Crippen molar-refractivity contribution in [1.29, 1.82) is 0 Å². The predicted molar refractivity (Wildman–Crippen MR) is 129 cm³/mol. The molecular formula is C24H33N5O3S. The van der Waals surface area contributed by atoms with E-state index in [0.29, 0.717) is 30.8 Å². The number of ketones is 1. The number of aryl methyl sites for hydroxylation is 1. The number of rotatable bonds is 8. The van der Waals surface area contributed by atoms with Crippen molar-refractivity contribution in [3.05, 3.63) is 39.5 Å². The van der Waals surface area contributed by atoms with Crippen molar-refractivity contribution >= 4 is 28.8 Å². The van der Waals surface area contributed by atoms with Gasteiger partial charge in [0.2, 0.25) is 5.91 Å². The van der Waals surface area contributed by atoms with E-state index in [2.05, 4.69) is 20.2 Å². The molecular weight excluding hydrogens is 438 g/mol. The number of likely N-dealkylation sites (tertiary alicyclic amines) is 1. The molecule has 0 radical (unpaired) electrons. The Balaban J connectivity index is 1.23. The van der Waals surface area contributed by atoms with Crippen molar-refractivity contribution in [2.45, 2.75) is 64.6 Å². The van der Waals surface area contributed by atoms with Gasteiger partial charge in [-0.25, -0.2) is 9.97 Å². The summed E-state index contributed by atoms with van der Waals surface area (Å²) < 4.78 is 0. The predicted octanol–water partition coefficient (Wildman–Crippen LogP) is 2.65. The lowest BCUT2D eigenvalue weighted by atomic mass is 10.0. The van der Waals surface area contributed by atoms with E-state index in [9.17, 15) is 14.7 Å². The molecule has 4 rings (SSSR count). The number of fused-ring (bicyclic) bond motifs is 1. The van der Waals surface area contributed by atoms with Crippen LogP contribution in [0.25, 0.3) is 0 Å². The van der Waals surface area contributed by atoms with Crippen molar-refractivity contribution in [2.75, 3.05) is 31.5 Å². The number of β-amino-alcohol motifs (C(OH)–C–C–N with tert-alkyl or cyclic N) is 1. The maximum Gasteiger partial charge on any atom is 0.219 e. The number of pyridine rings is 1. The zero-order valence-corrected chi connectivity index (χ0v) is 20.2. The number of carbonyl (C=O) groups excluding carboxylic acids is 2. The molecule has 2 aliphatic heterocycles. The molecule has 33 heavy (non-hydrogen) atoms. The minimum atomic E-state index is -0.541. The number of nitrogens with one attached hydrogen (secondary N) is 1. The van der Waals surface area contributed by atoms with Gasteiger partial charge in [0.25, 0.3) is 0 Å². The zero-order valence-electron chi connectivity index (χ0n) is 19.4. The van der Waals surface area contributed by atoms with Crippen molar-refractivity contribution in [3.63, 3.8) is 0 Å². The zero-order chi connectivity index (χ0) is 23.4. The number of aromatic nitrogens is 2. The van der Waals surface area contributed by atoms with Crippen LogP contribution in [0.1, 0.15) is 58.5 Å². The van der Waals surface area contributed by atoms with Crippen molar-refractivity contribution in [2.24, 2.45) is 0 Å². The molecule has 0 spiro atoms. The number of hydrogen-bond donors (Lipinski definition) is 2. The molecule has 1 atom stereocenters. The van der Waals surface area contributed by atoms with E-state index in [4.69, 9.17) is 0 Å². The van der Waals surface area contributed by atoms with Gasteiger partial charge in [-0.1, -0.05) is 0 Å². The summed E-state index contributed by atoms with van der Waals surface area (Å²) in [6, 6.07) is 3.77. The van der Waals surface area contributed by atoms with Crippen molar-refractivity contribution in [1.82, 2.24) is 19.8 Å². The van der Waals surface area contributed by atoms with Gasteiger partial charge >= 0.3 is 0 Å². The van der Waals surface area contributed by atoms with Crippen LogP contribution < -0.4 is 5.32 Å². The van der Waals surface area contributed by atoms with E-state index < -0.39 is 6.10 Å². The highest BCUT2D eigenvalue weighted by atomic mass is 32.1.